The third-order valence-electron chi connectivity index (χ3n) is 0.749. The van der Waals surface area contributed by atoms with E-state index in [1.165, 1.54) is 0 Å². The molecule has 0 aliphatic rings. The van der Waals surface area contributed by atoms with Crippen LogP contribution in [0.4, 0.5) is 0 Å². The summed E-state index contributed by atoms with van der Waals surface area (Å²) in [7, 11) is 2.20. The van der Waals surface area contributed by atoms with E-state index in [9.17, 15) is 9.00 Å². The van der Waals surface area contributed by atoms with Crippen LogP contribution < -0.4 is 0 Å². The van der Waals surface area contributed by atoms with Crippen LogP contribution >= 0.6 is 0 Å². The summed E-state index contributed by atoms with van der Waals surface area (Å²) in [6.07, 6.45) is 0. The molecule has 6 heteroatoms. The molecule has 0 heterocycles. The first-order valence-corrected chi connectivity index (χ1v) is 3.48. The predicted molar refractivity (Wildman–Crippen MR) is 33.2 cm³/mol. The fraction of sp³-hybridized carbons (Fsp3) is 0.750. The fourth-order valence-corrected chi connectivity index (χ4v) is 0.706. The minimum Gasteiger partial charge on any atom is -0.466 e. The second kappa shape index (κ2) is 4.37. The molecule has 0 amide bonds. The zero-order valence-corrected chi connectivity index (χ0v) is 6.38. The molecule has 0 aromatic heterocycles. The molecule has 0 spiro atoms. The van der Waals surface area contributed by atoms with Crippen LogP contribution in [0.2, 0.25) is 0 Å². The zero-order chi connectivity index (χ0) is 8.15. The molecular weight excluding hydrogens is 160 g/mol. The lowest BCUT2D eigenvalue weighted by Gasteiger charge is -2.04. The van der Waals surface area contributed by atoms with Gasteiger partial charge in [-0.1, -0.05) is 0 Å². The van der Waals surface area contributed by atoms with Gasteiger partial charge in [-0.15, -0.1) is 0 Å². The van der Waals surface area contributed by atoms with E-state index in [-0.39, 0.29) is 0 Å². The summed E-state index contributed by atoms with van der Waals surface area (Å²) < 4.78 is 18.7. The summed E-state index contributed by atoms with van der Waals surface area (Å²) >= 11 is -2.02. The van der Waals surface area contributed by atoms with Crippen molar-refractivity contribution in [3.63, 3.8) is 0 Å². The van der Waals surface area contributed by atoms with Gasteiger partial charge in [0.15, 0.2) is 11.1 Å². The van der Waals surface area contributed by atoms with Crippen molar-refractivity contribution in [3.8, 4) is 0 Å². The third kappa shape index (κ3) is 2.42. The molecule has 0 bridgehead atoms. The minimum absolute atomic E-state index is 0.972. The van der Waals surface area contributed by atoms with Crippen molar-refractivity contribution < 1.29 is 23.0 Å². The van der Waals surface area contributed by atoms with E-state index in [4.69, 9.17) is 5.11 Å². The van der Waals surface area contributed by atoms with Gasteiger partial charge in [0.05, 0.1) is 14.2 Å². The maximum absolute atomic E-state index is 10.5. The van der Waals surface area contributed by atoms with E-state index in [2.05, 4.69) is 8.92 Å². The fourth-order valence-electron chi connectivity index (χ4n) is 0.271. The zero-order valence-electron chi connectivity index (χ0n) is 5.57. The quantitative estimate of drug-likeness (QED) is 0.535. The summed E-state index contributed by atoms with van der Waals surface area (Å²) in [6.45, 7) is 0. The number of esters is 1. The molecule has 0 saturated carbocycles. The Kier molecular flexibility index (Phi) is 4.17. The van der Waals surface area contributed by atoms with Gasteiger partial charge in [-0.2, -0.15) is 0 Å². The minimum atomic E-state index is -2.02. The first kappa shape index (κ1) is 9.54. The van der Waals surface area contributed by atoms with Gasteiger partial charge in [-0.25, -0.2) is 9.00 Å². The monoisotopic (exact) mass is 168 g/mol. The normalized spacial score (nSPS) is 15.9. The number of ether oxygens (including phenoxy) is 1. The number of methoxy groups -OCH3 is 1. The maximum Gasteiger partial charge on any atom is 0.350 e. The molecule has 0 radical (unpaired) electrons. The Morgan fingerprint density at radius 2 is 2.10 bits per heavy atom. The van der Waals surface area contributed by atoms with E-state index in [0.717, 1.165) is 14.2 Å². The van der Waals surface area contributed by atoms with E-state index < -0.39 is 22.5 Å². The average molecular weight is 168 g/mol. The highest BCUT2D eigenvalue weighted by atomic mass is 32.2. The Labute approximate surface area is 60.6 Å². The topological polar surface area (TPSA) is 72.8 Å². The number of rotatable bonds is 3. The van der Waals surface area contributed by atoms with Crippen LogP contribution in [0.1, 0.15) is 0 Å². The van der Waals surface area contributed by atoms with E-state index in [1.807, 2.05) is 0 Å². The highest BCUT2D eigenvalue weighted by Crippen LogP contribution is 1.94. The van der Waals surface area contributed by atoms with Crippen LogP contribution in [0.3, 0.4) is 0 Å². The number of carbonyl (C=O) groups is 1. The molecule has 0 fully saturated rings. The Morgan fingerprint density at radius 1 is 1.60 bits per heavy atom. The molecule has 60 valence electrons. The van der Waals surface area contributed by atoms with E-state index in [1.54, 1.807) is 0 Å². The van der Waals surface area contributed by atoms with Gasteiger partial charge in [0, 0.05) is 0 Å². The molecule has 0 aliphatic carbocycles. The highest BCUT2D eigenvalue weighted by Gasteiger charge is 2.22. The number of aliphatic hydroxyl groups is 1. The summed E-state index contributed by atoms with van der Waals surface area (Å²) in [4.78, 5) is 10.4. The number of carbonyl (C=O) groups excluding carboxylic acids is 1. The maximum atomic E-state index is 10.5. The first-order chi connectivity index (χ1) is 4.63. The van der Waals surface area contributed by atoms with Gasteiger partial charge in [0.1, 0.15) is 0 Å². The summed E-state index contributed by atoms with van der Waals surface area (Å²) in [5.41, 5.74) is -1.71. The molecule has 10 heavy (non-hydrogen) atoms. The van der Waals surface area contributed by atoms with Gasteiger partial charge < -0.3 is 9.84 Å². The molecule has 5 nitrogen and oxygen atoms in total. The SMILES string of the molecule is COC(=O)C(O)S(=O)OC. The van der Waals surface area contributed by atoms with Crippen molar-refractivity contribution in [2.75, 3.05) is 14.2 Å². The van der Waals surface area contributed by atoms with Crippen LogP contribution in [0.25, 0.3) is 0 Å². The van der Waals surface area contributed by atoms with Crippen molar-refractivity contribution >= 4 is 17.0 Å². The van der Waals surface area contributed by atoms with E-state index in [0.29, 0.717) is 0 Å². The van der Waals surface area contributed by atoms with Crippen molar-refractivity contribution in [2.45, 2.75) is 5.44 Å². The molecule has 0 rings (SSSR count). The second-order valence-electron chi connectivity index (χ2n) is 1.30. The molecule has 0 saturated heterocycles. The molecule has 0 aliphatic heterocycles. The molecular formula is C4H8O5S. The van der Waals surface area contributed by atoms with Crippen molar-refractivity contribution in [2.24, 2.45) is 0 Å². The van der Waals surface area contributed by atoms with Crippen LogP contribution in [-0.2, 0) is 24.8 Å². The molecule has 0 aromatic rings. The standard InChI is InChI=1S/C4H8O5S/c1-8-3(5)4(6)10(7)9-2/h4,6H,1-2H3. The lowest BCUT2D eigenvalue weighted by Crippen LogP contribution is -2.27. The lowest BCUT2D eigenvalue weighted by molar-refractivity contribution is -0.146. The highest BCUT2D eigenvalue weighted by molar-refractivity contribution is 7.81. The molecule has 1 N–H and O–H groups in total. The van der Waals surface area contributed by atoms with Crippen LogP contribution in [0, 0.1) is 0 Å². The molecule has 2 atom stereocenters. The van der Waals surface area contributed by atoms with Crippen LogP contribution in [-0.4, -0.2) is 34.9 Å². The Bertz CT molecular complexity index is 129. The Balaban J connectivity index is 3.94. The van der Waals surface area contributed by atoms with Gasteiger partial charge >= 0.3 is 5.97 Å². The number of aliphatic hydroxyl groups excluding tert-OH is 1. The number of hydrogen-bond donors (Lipinski definition) is 1. The second-order valence-corrected chi connectivity index (χ2v) is 2.60. The van der Waals surface area contributed by atoms with Crippen molar-refractivity contribution in [1.29, 1.82) is 0 Å². The first-order valence-electron chi connectivity index (χ1n) is 2.34. The van der Waals surface area contributed by atoms with Gasteiger partial charge in [-0.3, -0.25) is 4.18 Å². The molecule has 0 aromatic carbocycles. The average Bonchev–Trinajstić information content (AvgIpc) is 2.00. The summed E-state index contributed by atoms with van der Waals surface area (Å²) in [5, 5.41) is 8.69. The van der Waals surface area contributed by atoms with Gasteiger partial charge in [0.2, 0.25) is 0 Å². The number of hydrogen-bond acceptors (Lipinski definition) is 5. The smallest absolute Gasteiger partial charge is 0.350 e. The molecule has 2 unspecified atom stereocenters. The van der Waals surface area contributed by atoms with Crippen LogP contribution in [0.5, 0.6) is 0 Å². The Hall–Kier alpha value is -0.460. The third-order valence-corrected chi connectivity index (χ3v) is 1.63. The van der Waals surface area contributed by atoms with Crippen LogP contribution in [0.15, 0.2) is 0 Å². The summed E-state index contributed by atoms with van der Waals surface area (Å²) in [6, 6.07) is 0. The van der Waals surface area contributed by atoms with Crippen molar-refractivity contribution in [1.82, 2.24) is 0 Å². The van der Waals surface area contributed by atoms with E-state index >= 15 is 0 Å². The Morgan fingerprint density at radius 3 is 2.40 bits per heavy atom. The van der Waals surface area contributed by atoms with Crippen molar-refractivity contribution in [3.05, 3.63) is 0 Å². The van der Waals surface area contributed by atoms with Gasteiger partial charge in [-0.05, 0) is 0 Å². The predicted octanol–water partition coefficient (Wildman–Crippen LogP) is -1.21. The lowest BCUT2D eigenvalue weighted by atomic mass is 10.7. The summed E-state index contributed by atoms with van der Waals surface area (Å²) in [5.74, 6) is -0.972. The van der Waals surface area contributed by atoms with Gasteiger partial charge in [0.25, 0.3) is 5.44 Å². The largest absolute Gasteiger partial charge is 0.466 e.